The number of hydrogen-bond acceptors (Lipinski definition) is 7. The molecule has 0 fully saturated rings. The highest BCUT2D eigenvalue weighted by molar-refractivity contribution is 8.13. The fourth-order valence-electron chi connectivity index (χ4n) is 4.17. The van der Waals surface area contributed by atoms with Crippen LogP contribution in [0.4, 0.5) is 4.79 Å². The number of ether oxygens (including phenoxy) is 1. The first-order valence-electron chi connectivity index (χ1n) is 11.4. The van der Waals surface area contributed by atoms with Crippen LogP contribution in [0, 0.1) is 19.8 Å². The molecule has 0 radical (unpaired) electrons. The summed E-state index contributed by atoms with van der Waals surface area (Å²) in [6, 6.07) is 3.79. The maximum Gasteiger partial charge on any atom is 0.372 e. The Balaban J connectivity index is 2.00. The van der Waals surface area contributed by atoms with E-state index in [0.717, 1.165) is 28.5 Å². The maximum absolute atomic E-state index is 13.6. The number of allylic oxidation sites excluding steroid dienone is 2. The quantitative estimate of drug-likeness (QED) is 0.477. The van der Waals surface area contributed by atoms with E-state index in [1.165, 1.54) is 12.4 Å². The van der Waals surface area contributed by atoms with Crippen LogP contribution in [0.25, 0.3) is 17.0 Å². The fourth-order valence-corrected chi connectivity index (χ4v) is 4.66. The molecular weight excluding hydrogens is 486 g/mol. The Morgan fingerprint density at radius 2 is 1.77 bits per heavy atom. The molecule has 0 saturated carbocycles. The summed E-state index contributed by atoms with van der Waals surface area (Å²) in [5, 5.41) is 2.88. The molecule has 0 saturated heterocycles. The minimum absolute atomic E-state index is 0.0242. The second kappa shape index (κ2) is 10.9. The zero-order chi connectivity index (χ0) is 25.9. The number of carbonyl (C=O) groups excluding carboxylic acids is 3. The summed E-state index contributed by atoms with van der Waals surface area (Å²) < 4.78 is 5.65. The Bertz CT molecular complexity index is 1160. The molecule has 1 unspecified atom stereocenters. The van der Waals surface area contributed by atoms with Crippen LogP contribution in [0.1, 0.15) is 57.2 Å². The minimum Gasteiger partial charge on any atom is -0.422 e. The fraction of sp³-hybridized carbons (Fsp3) is 0.423. The van der Waals surface area contributed by atoms with Crippen LogP contribution in [-0.2, 0) is 14.3 Å². The van der Waals surface area contributed by atoms with Crippen molar-refractivity contribution in [3.8, 4) is 11.4 Å². The van der Waals surface area contributed by atoms with Gasteiger partial charge < -0.3 is 10.1 Å². The van der Waals surface area contributed by atoms with Crippen molar-refractivity contribution < 1.29 is 19.1 Å². The Morgan fingerprint density at radius 3 is 2.31 bits per heavy atom. The molecule has 1 aliphatic rings. The number of nitrogens with zero attached hydrogens (tertiary/aromatic N) is 2. The predicted molar refractivity (Wildman–Crippen MR) is 139 cm³/mol. The number of Topliss-reactive ketones (excluding diaryl/α,β-unsaturated/α-hetero) is 1. The topological polar surface area (TPSA) is 98.2 Å². The van der Waals surface area contributed by atoms with Gasteiger partial charge in [0.1, 0.15) is 5.76 Å². The highest BCUT2D eigenvalue weighted by atomic mass is 35.5. The van der Waals surface area contributed by atoms with Crippen molar-refractivity contribution in [2.45, 2.75) is 59.9 Å². The van der Waals surface area contributed by atoms with Crippen LogP contribution in [0.3, 0.4) is 0 Å². The van der Waals surface area contributed by atoms with Gasteiger partial charge in [-0.2, -0.15) is 0 Å². The number of halogens is 1. The molecule has 0 aliphatic heterocycles. The lowest BCUT2D eigenvalue weighted by atomic mass is 9.89. The molecule has 1 N–H and O–H groups in total. The van der Waals surface area contributed by atoms with Gasteiger partial charge in [-0.3, -0.25) is 9.59 Å². The van der Waals surface area contributed by atoms with E-state index in [9.17, 15) is 14.4 Å². The van der Waals surface area contributed by atoms with E-state index in [4.69, 9.17) is 16.3 Å². The first kappa shape index (κ1) is 26.9. The maximum atomic E-state index is 13.6. The summed E-state index contributed by atoms with van der Waals surface area (Å²) in [4.78, 5) is 47.0. The molecule has 3 rings (SSSR count). The molecule has 2 aromatic rings. The Morgan fingerprint density at radius 1 is 1.17 bits per heavy atom. The van der Waals surface area contributed by atoms with E-state index in [1.807, 2.05) is 53.7 Å². The lowest BCUT2D eigenvalue weighted by molar-refractivity contribution is -0.127. The van der Waals surface area contributed by atoms with Crippen LogP contribution in [0.15, 0.2) is 30.3 Å². The van der Waals surface area contributed by atoms with Crippen molar-refractivity contribution in [3.63, 3.8) is 0 Å². The predicted octanol–water partition coefficient (Wildman–Crippen LogP) is 5.91. The second-order valence-electron chi connectivity index (χ2n) is 9.56. The van der Waals surface area contributed by atoms with Gasteiger partial charge in [-0.15, -0.1) is 0 Å². The first-order valence-corrected chi connectivity index (χ1v) is 12.8. The third-order valence-electron chi connectivity index (χ3n) is 5.40. The van der Waals surface area contributed by atoms with Gasteiger partial charge >= 0.3 is 5.30 Å². The molecule has 7 nitrogen and oxygen atoms in total. The summed E-state index contributed by atoms with van der Waals surface area (Å²) in [5.74, 6) is 0.382. The Labute approximate surface area is 215 Å². The SMILES string of the molecule is CCSC(=O)OC1=C(c2c(C)cc(-c3ncc(Cl)cn3)cc2C)C(=O)C(CC(=O)NC(C)(C)C)C1. The third-order valence-corrected chi connectivity index (χ3v) is 6.21. The minimum atomic E-state index is -0.597. The number of amides is 1. The molecule has 9 heteroatoms. The molecular formula is C26H30ClN3O4S. The van der Waals surface area contributed by atoms with E-state index < -0.39 is 16.8 Å². The van der Waals surface area contributed by atoms with Gasteiger partial charge in [0.15, 0.2) is 11.6 Å². The first-order chi connectivity index (χ1) is 16.4. The standard InChI is InChI=1S/C26H30ClN3O4S/c1-7-35-25(33)34-19-10-16(11-20(31)30-26(4,5)6)23(32)22(19)21-14(2)8-17(9-15(21)3)24-28-12-18(27)13-29-24/h8-9,12-13,16H,7,10-11H2,1-6H3,(H,30,31). The number of carbonyl (C=O) groups is 3. The molecule has 0 spiro atoms. The number of thioether (sulfide) groups is 1. The van der Waals surface area contributed by atoms with Gasteiger partial charge in [-0.1, -0.05) is 18.5 Å². The number of benzene rings is 1. The van der Waals surface area contributed by atoms with Crippen LogP contribution < -0.4 is 5.32 Å². The highest BCUT2D eigenvalue weighted by Crippen LogP contribution is 2.41. The van der Waals surface area contributed by atoms with Gasteiger partial charge in [0.2, 0.25) is 5.91 Å². The summed E-state index contributed by atoms with van der Waals surface area (Å²) in [5.41, 5.74) is 3.08. The zero-order valence-corrected chi connectivity index (χ0v) is 22.4. The smallest absolute Gasteiger partial charge is 0.372 e. The lowest BCUT2D eigenvalue weighted by Gasteiger charge is -2.21. The third kappa shape index (κ3) is 6.70. The number of rotatable bonds is 6. The van der Waals surface area contributed by atoms with E-state index in [2.05, 4.69) is 15.3 Å². The van der Waals surface area contributed by atoms with Gasteiger partial charge in [-0.25, -0.2) is 14.8 Å². The van der Waals surface area contributed by atoms with Crippen LogP contribution in [0.5, 0.6) is 0 Å². The number of hydrogen-bond donors (Lipinski definition) is 1. The molecule has 0 bridgehead atoms. The van der Waals surface area contributed by atoms with Crippen LogP contribution >= 0.6 is 23.4 Å². The lowest BCUT2D eigenvalue weighted by Crippen LogP contribution is -2.41. The number of nitrogens with one attached hydrogen (secondary N) is 1. The summed E-state index contributed by atoms with van der Waals surface area (Å²) in [6.45, 7) is 11.3. The van der Waals surface area contributed by atoms with Crippen molar-refractivity contribution in [1.82, 2.24) is 15.3 Å². The monoisotopic (exact) mass is 515 g/mol. The van der Waals surface area contributed by atoms with Gasteiger partial charge in [0.05, 0.1) is 10.6 Å². The Hall–Kier alpha value is -2.71. The summed E-state index contributed by atoms with van der Waals surface area (Å²) in [6.07, 6.45) is 3.28. The van der Waals surface area contributed by atoms with E-state index in [1.54, 1.807) is 0 Å². The van der Waals surface area contributed by atoms with Crippen LogP contribution in [-0.4, -0.2) is 38.3 Å². The largest absolute Gasteiger partial charge is 0.422 e. The molecule has 1 aliphatic carbocycles. The Kier molecular flexibility index (Phi) is 8.38. The van der Waals surface area contributed by atoms with Crippen molar-refractivity contribution in [1.29, 1.82) is 0 Å². The normalized spacial score (nSPS) is 16.0. The average Bonchev–Trinajstić information content (AvgIpc) is 3.01. The number of aromatic nitrogens is 2. The summed E-state index contributed by atoms with van der Waals surface area (Å²) >= 11 is 6.95. The van der Waals surface area contributed by atoms with Gasteiger partial charge in [0.25, 0.3) is 0 Å². The molecule has 1 aromatic carbocycles. The van der Waals surface area contributed by atoms with Crippen molar-refractivity contribution in [2.75, 3.05) is 5.75 Å². The number of aryl methyl sites for hydroxylation is 2. The molecule has 1 heterocycles. The van der Waals surface area contributed by atoms with Crippen LogP contribution in [0.2, 0.25) is 5.02 Å². The van der Waals surface area contributed by atoms with Gasteiger partial charge in [0, 0.05) is 48.0 Å². The molecule has 186 valence electrons. The van der Waals surface area contributed by atoms with E-state index in [-0.39, 0.29) is 24.5 Å². The van der Waals surface area contributed by atoms with Crippen molar-refractivity contribution >= 4 is 45.9 Å². The molecule has 1 aromatic heterocycles. The van der Waals surface area contributed by atoms with E-state index in [0.29, 0.717) is 33.5 Å². The average molecular weight is 516 g/mol. The van der Waals surface area contributed by atoms with Crippen molar-refractivity contribution in [3.05, 3.63) is 52.0 Å². The van der Waals surface area contributed by atoms with E-state index >= 15 is 0 Å². The summed E-state index contributed by atoms with van der Waals surface area (Å²) in [7, 11) is 0. The molecule has 1 atom stereocenters. The molecule has 1 amide bonds. The zero-order valence-electron chi connectivity index (χ0n) is 20.8. The van der Waals surface area contributed by atoms with Gasteiger partial charge in [-0.05, 0) is 75.2 Å². The molecule has 35 heavy (non-hydrogen) atoms. The number of ketones is 1. The second-order valence-corrected chi connectivity index (χ2v) is 11.2. The highest BCUT2D eigenvalue weighted by Gasteiger charge is 2.39. The van der Waals surface area contributed by atoms with Crippen molar-refractivity contribution in [2.24, 2.45) is 5.92 Å².